The fraction of sp³-hybridized carbons (Fsp3) is 0.214. The summed E-state index contributed by atoms with van der Waals surface area (Å²) in [5.41, 5.74) is 4.86. The summed E-state index contributed by atoms with van der Waals surface area (Å²) in [4.78, 5) is 26.9. The van der Waals surface area contributed by atoms with Gasteiger partial charge in [-0.05, 0) is 85.6 Å². The van der Waals surface area contributed by atoms with E-state index in [0.717, 1.165) is 35.1 Å². The molecule has 7 nitrogen and oxygen atoms in total. The highest BCUT2D eigenvalue weighted by Gasteiger charge is 2.23. The van der Waals surface area contributed by atoms with Gasteiger partial charge in [-0.1, -0.05) is 0 Å². The molecule has 0 atom stereocenters. The number of nitrogens with one attached hydrogen (secondary N) is 2. The van der Waals surface area contributed by atoms with E-state index in [9.17, 15) is 9.59 Å². The highest BCUT2D eigenvalue weighted by Crippen LogP contribution is 2.25. The van der Waals surface area contributed by atoms with Gasteiger partial charge in [-0.25, -0.2) is 0 Å². The summed E-state index contributed by atoms with van der Waals surface area (Å²) < 4.78 is 2.06. The van der Waals surface area contributed by atoms with Gasteiger partial charge in [0.15, 0.2) is 0 Å². The number of anilines is 2. The number of fused-ring (bicyclic) bond motifs is 1. The number of carbonyl (C=O) groups is 2. The van der Waals surface area contributed by atoms with Gasteiger partial charge in [0.05, 0.1) is 12.1 Å². The Bertz CT molecular complexity index is 1360. The maximum atomic E-state index is 12.7. The third-order valence-corrected chi connectivity index (χ3v) is 6.27. The Kier molecular flexibility index (Phi) is 6.25. The molecule has 1 aliphatic carbocycles. The second-order valence-electron chi connectivity index (χ2n) is 8.90. The maximum absolute atomic E-state index is 12.7. The number of nitrogens with zero attached hydrogens (tertiary/aromatic N) is 2. The minimum atomic E-state index is -0.180. The van der Waals surface area contributed by atoms with Crippen molar-refractivity contribution in [3.05, 3.63) is 90.1 Å². The molecular weight excluding hydrogens is 440 g/mol. The SMILES string of the molecule is CN(CCO)c1ccc(C(=O)Nc2ccc3c(ccn3-c3ccc(C(=O)NC4CC4)cc3)c2)cc1. The van der Waals surface area contributed by atoms with Crippen molar-refractivity contribution in [3.63, 3.8) is 0 Å². The van der Waals surface area contributed by atoms with Gasteiger partial charge < -0.3 is 25.2 Å². The lowest BCUT2D eigenvalue weighted by Gasteiger charge is -2.18. The van der Waals surface area contributed by atoms with Crippen LogP contribution in [0.2, 0.25) is 0 Å². The number of likely N-dealkylation sites (N-methyl/N-ethyl adjacent to an activating group) is 1. The zero-order valence-corrected chi connectivity index (χ0v) is 19.6. The van der Waals surface area contributed by atoms with E-state index in [0.29, 0.717) is 29.4 Å². The van der Waals surface area contributed by atoms with Gasteiger partial charge in [-0.2, -0.15) is 0 Å². The molecule has 1 fully saturated rings. The molecule has 0 unspecified atom stereocenters. The Morgan fingerprint density at radius 3 is 2.31 bits per heavy atom. The molecule has 0 aliphatic heterocycles. The molecule has 0 radical (unpaired) electrons. The zero-order valence-electron chi connectivity index (χ0n) is 19.6. The highest BCUT2D eigenvalue weighted by molar-refractivity contribution is 6.05. The number of rotatable bonds is 8. The number of aliphatic hydroxyl groups is 1. The van der Waals surface area contributed by atoms with Crippen LogP contribution in [0.4, 0.5) is 11.4 Å². The first kappa shape index (κ1) is 22.7. The third-order valence-electron chi connectivity index (χ3n) is 6.27. The number of aromatic nitrogens is 1. The van der Waals surface area contributed by atoms with Gasteiger partial charge in [0.2, 0.25) is 0 Å². The Morgan fingerprint density at radius 1 is 0.943 bits per heavy atom. The molecule has 0 saturated heterocycles. The number of aliphatic hydroxyl groups excluding tert-OH is 1. The maximum Gasteiger partial charge on any atom is 0.255 e. The number of benzene rings is 3. The summed E-state index contributed by atoms with van der Waals surface area (Å²) >= 11 is 0. The molecular formula is C28H28N4O3. The standard InChI is InChI=1S/C28H28N4O3/c1-31(16-17-33)24-9-2-19(3-10-24)28(35)30-23-8-13-26-21(18-23)14-15-32(26)25-11-4-20(5-12-25)27(34)29-22-6-7-22/h2-5,8-15,18,22,33H,6-7,16-17H2,1H3,(H,29,34)(H,30,35). The molecule has 1 aromatic heterocycles. The number of hydrogen-bond donors (Lipinski definition) is 3. The van der Waals surface area contributed by atoms with Crippen molar-refractivity contribution in [1.82, 2.24) is 9.88 Å². The Balaban J connectivity index is 1.28. The molecule has 3 aromatic carbocycles. The Morgan fingerprint density at radius 2 is 1.63 bits per heavy atom. The normalized spacial score (nSPS) is 13.0. The number of carbonyl (C=O) groups excluding carboxylic acids is 2. The van der Waals surface area contributed by atoms with E-state index in [4.69, 9.17) is 5.11 Å². The lowest BCUT2D eigenvalue weighted by Crippen LogP contribution is -2.25. The topological polar surface area (TPSA) is 86.6 Å². The Labute approximate surface area is 204 Å². The summed E-state index contributed by atoms with van der Waals surface area (Å²) in [6.45, 7) is 0.608. The predicted octanol–water partition coefficient (Wildman–Crippen LogP) is 4.20. The van der Waals surface area contributed by atoms with Crippen molar-refractivity contribution in [2.45, 2.75) is 18.9 Å². The fourth-order valence-electron chi connectivity index (χ4n) is 4.06. The molecule has 3 N–H and O–H groups in total. The van der Waals surface area contributed by atoms with Crippen molar-refractivity contribution < 1.29 is 14.7 Å². The molecule has 0 spiro atoms. The highest BCUT2D eigenvalue weighted by atomic mass is 16.3. The van der Waals surface area contributed by atoms with Crippen LogP contribution in [0.1, 0.15) is 33.6 Å². The second-order valence-corrected chi connectivity index (χ2v) is 8.90. The molecule has 1 heterocycles. The van der Waals surface area contributed by atoms with Crippen molar-refractivity contribution >= 4 is 34.1 Å². The summed E-state index contributed by atoms with van der Waals surface area (Å²) in [7, 11) is 1.90. The summed E-state index contributed by atoms with van der Waals surface area (Å²) in [6, 6.07) is 23.0. The summed E-state index contributed by atoms with van der Waals surface area (Å²) in [5, 5.41) is 16.1. The van der Waals surface area contributed by atoms with Crippen LogP contribution in [0.3, 0.4) is 0 Å². The molecule has 2 amide bonds. The Hall–Kier alpha value is -4.10. The van der Waals surface area contributed by atoms with E-state index >= 15 is 0 Å². The average Bonchev–Trinajstić information content (AvgIpc) is 3.60. The molecule has 5 rings (SSSR count). The van der Waals surface area contributed by atoms with Crippen LogP contribution in [0.15, 0.2) is 79.0 Å². The number of amides is 2. The van der Waals surface area contributed by atoms with E-state index in [1.54, 1.807) is 12.1 Å². The van der Waals surface area contributed by atoms with Crippen LogP contribution in [0.25, 0.3) is 16.6 Å². The van der Waals surface area contributed by atoms with Crippen LogP contribution in [0, 0.1) is 0 Å². The molecule has 4 aromatic rings. The van der Waals surface area contributed by atoms with Crippen LogP contribution in [-0.4, -0.2) is 47.7 Å². The van der Waals surface area contributed by atoms with E-state index in [2.05, 4.69) is 15.2 Å². The van der Waals surface area contributed by atoms with Crippen molar-refractivity contribution in [2.75, 3.05) is 30.4 Å². The smallest absolute Gasteiger partial charge is 0.255 e. The van der Waals surface area contributed by atoms with E-state index in [-0.39, 0.29) is 18.4 Å². The first-order chi connectivity index (χ1) is 17.0. The van der Waals surface area contributed by atoms with Gasteiger partial charge >= 0.3 is 0 Å². The minimum Gasteiger partial charge on any atom is -0.395 e. The van der Waals surface area contributed by atoms with E-state index < -0.39 is 0 Å². The average molecular weight is 469 g/mol. The van der Waals surface area contributed by atoms with E-state index in [1.807, 2.05) is 78.8 Å². The quantitative estimate of drug-likeness (QED) is 0.362. The van der Waals surface area contributed by atoms with Gasteiger partial charge in [0.25, 0.3) is 11.8 Å². The first-order valence-corrected chi connectivity index (χ1v) is 11.8. The zero-order chi connectivity index (χ0) is 24.4. The van der Waals surface area contributed by atoms with E-state index in [1.165, 1.54) is 0 Å². The minimum absolute atomic E-state index is 0.0244. The second kappa shape index (κ2) is 9.64. The van der Waals surface area contributed by atoms with Gasteiger partial charge in [0.1, 0.15) is 0 Å². The molecule has 0 bridgehead atoms. The molecule has 7 heteroatoms. The van der Waals surface area contributed by atoms with Crippen molar-refractivity contribution in [3.8, 4) is 5.69 Å². The van der Waals surface area contributed by atoms with Crippen LogP contribution < -0.4 is 15.5 Å². The van der Waals surface area contributed by atoms with Gasteiger partial charge in [0, 0.05) is 59.4 Å². The molecule has 1 aliphatic rings. The molecule has 35 heavy (non-hydrogen) atoms. The van der Waals surface area contributed by atoms with Crippen molar-refractivity contribution in [1.29, 1.82) is 0 Å². The van der Waals surface area contributed by atoms with Crippen LogP contribution in [0.5, 0.6) is 0 Å². The van der Waals surface area contributed by atoms with Crippen LogP contribution in [-0.2, 0) is 0 Å². The molecule has 178 valence electrons. The summed E-state index contributed by atoms with van der Waals surface area (Å²) in [6.07, 6.45) is 4.12. The monoisotopic (exact) mass is 468 g/mol. The fourth-order valence-corrected chi connectivity index (χ4v) is 4.06. The lowest BCUT2D eigenvalue weighted by molar-refractivity contribution is 0.0950. The molecule has 1 saturated carbocycles. The predicted molar refractivity (Wildman–Crippen MR) is 139 cm³/mol. The van der Waals surface area contributed by atoms with Crippen LogP contribution >= 0.6 is 0 Å². The third kappa shape index (κ3) is 5.05. The van der Waals surface area contributed by atoms with Gasteiger partial charge in [-0.3, -0.25) is 9.59 Å². The summed E-state index contributed by atoms with van der Waals surface area (Å²) in [5.74, 6) is -0.205. The number of hydrogen-bond acceptors (Lipinski definition) is 4. The van der Waals surface area contributed by atoms with Crippen molar-refractivity contribution in [2.24, 2.45) is 0 Å². The first-order valence-electron chi connectivity index (χ1n) is 11.8. The lowest BCUT2D eigenvalue weighted by atomic mass is 10.1. The largest absolute Gasteiger partial charge is 0.395 e. The van der Waals surface area contributed by atoms with Gasteiger partial charge in [-0.15, -0.1) is 0 Å².